The lowest BCUT2D eigenvalue weighted by Gasteiger charge is -2.21. The highest BCUT2D eigenvalue weighted by Crippen LogP contribution is 2.37. The van der Waals surface area contributed by atoms with Gasteiger partial charge in [-0.25, -0.2) is 0 Å². The van der Waals surface area contributed by atoms with E-state index >= 15 is 0 Å². The Kier molecular flexibility index (Phi) is 8.66. The molecule has 40 heavy (non-hydrogen) atoms. The minimum atomic E-state index is -1.35. The predicted octanol–water partition coefficient (Wildman–Crippen LogP) is 0.421. The molecule has 0 fully saturated rings. The third-order valence-electron chi connectivity index (χ3n) is 5.72. The molecule has 0 saturated carbocycles. The van der Waals surface area contributed by atoms with Crippen molar-refractivity contribution in [2.24, 2.45) is 5.73 Å². The van der Waals surface area contributed by atoms with Crippen molar-refractivity contribution in [1.29, 1.82) is 0 Å². The lowest BCUT2D eigenvalue weighted by Crippen LogP contribution is -2.52. The third kappa shape index (κ3) is 6.87. The zero-order valence-corrected chi connectivity index (χ0v) is 20.6. The van der Waals surface area contributed by atoms with Crippen LogP contribution in [0.1, 0.15) is 16.7 Å². The summed E-state index contributed by atoms with van der Waals surface area (Å²) in [5.74, 6) is -7.69. The molecule has 2 unspecified atom stereocenters. The molecule has 212 valence electrons. The van der Waals surface area contributed by atoms with Gasteiger partial charge in [0.2, 0.25) is 11.8 Å². The molecule has 0 heterocycles. The molecule has 14 nitrogen and oxygen atoms in total. The Bertz CT molecular complexity index is 1400. The number of nitrogens with one attached hydrogen (secondary N) is 2. The van der Waals surface area contributed by atoms with E-state index in [1.54, 1.807) is 0 Å². The fraction of sp³-hybridized carbons (Fsp3) is 0.154. The largest absolute Gasteiger partial charge is 0.504 e. The first-order valence-corrected chi connectivity index (χ1v) is 11.5. The maximum Gasteiger partial charge on any atom is 0.246 e. The average Bonchev–Trinajstić information content (AvgIpc) is 2.88. The van der Waals surface area contributed by atoms with Gasteiger partial charge in [0.25, 0.3) is 0 Å². The van der Waals surface area contributed by atoms with Crippen LogP contribution in [0.2, 0.25) is 0 Å². The molecule has 0 radical (unpaired) electrons. The number of rotatable bonds is 9. The van der Waals surface area contributed by atoms with Crippen LogP contribution in [0.25, 0.3) is 6.08 Å². The summed E-state index contributed by atoms with van der Waals surface area (Å²) >= 11 is 0. The Morgan fingerprint density at radius 1 is 0.650 bits per heavy atom. The second-order valence-electron chi connectivity index (χ2n) is 8.79. The molecule has 2 amide bonds. The van der Waals surface area contributed by atoms with Gasteiger partial charge in [0.05, 0.1) is 6.04 Å². The van der Waals surface area contributed by atoms with Crippen molar-refractivity contribution in [1.82, 2.24) is 10.6 Å². The van der Waals surface area contributed by atoms with Crippen LogP contribution in [0.15, 0.2) is 42.6 Å². The molecule has 0 spiro atoms. The van der Waals surface area contributed by atoms with Gasteiger partial charge in [0.15, 0.2) is 51.7 Å². The zero-order chi connectivity index (χ0) is 29.7. The zero-order valence-electron chi connectivity index (χ0n) is 20.6. The predicted molar refractivity (Wildman–Crippen MR) is 139 cm³/mol. The Hall–Kier alpha value is -5.50. The van der Waals surface area contributed by atoms with Crippen molar-refractivity contribution >= 4 is 17.9 Å². The monoisotopic (exact) mass is 557 g/mol. The van der Waals surface area contributed by atoms with Gasteiger partial charge in [-0.15, -0.1) is 0 Å². The molecular formula is C26H27N3O11. The molecule has 3 aromatic carbocycles. The van der Waals surface area contributed by atoms with Crippen LogP contribution in [0.4, 0.5) is 0 Å². The highest BCUT2D eigenvalue weighted by Gasteiger charge is 2.25. The SMILES string of the molecule is NC(Cc1cc(O)c(O)c(O)c1)C(=O)NC(Cc1cc(O)c(O)c(O)c1)C(=O)NC=Cc1cc(O)c(O)c(O)c1. The molecule has 0 bridgehead atoms. The maximum absolute atomic E-state index is 13.0. The van der Waals surface area contributed by atoms with Gasteiger partial charge in [0, 0.05) is 12.6 Å². The van der Waals surface area contributed by atoms with Crippen LogP contribution in [0.3, 0.4) is 0 Å². The Labute approximate surface area is 226 Å². The van der Waals surface area contributed by atoms with Gasteiger partial charge in [-0.3, -0.25) is 9.59 Å². The molecule has 0 aromatic heterocycles. The van der Waals surface area contributed by atoms with E-state index in [1.807, 2.05) is 0 Å². The number of carbonyl (C=O) groups excluding carboxylic acids is 2. The lowest BCUT2D eigenvalue weighted by atomic mass is 10.0. The molecule has 3 aromatic rings. The van der Waals surface area contributed by atoms with Gasteiger partial charge in [-0.05, 0) is 65.6 Å². The summed E-state index contributed by atoms with van der Waals surface area (Å²) in [7, 11) is 0. The Balaban J connectivity index is 1.79. The molecule has 2 atom stereocenters. The number of benzene rings is 3. The molecule has 0 aliphatic rings. The fourth-order valence-corrected chi connectivity index (χ4v) is 3.67. The maximum atomic E-state index is 13.0. The molecule has 0 saturated heterocycles. The van der Waals surface area contributed by atoms with Crippen molar-refractivity contribution in [2.45, 2.75) is 24.9 Å². The van der Waals surface area contributed by atoms with Gasteiger partial charge in [-0.1, -0.05) is 0 Å². The van der Waals surface area contributed by atoms with Crippen molar-refractivity contribution in [2.75, 3.05) is 0 Å². The van der Waals surface area contributed by atoms with Crippen molar-refractivity contribution in [3.05, 3.63) is 59.3 Å². The highest BCUT2D eigenvalue weighted by atomic mass is 16.3. The second kappa shape index (κ2) is 11.9. The van der Waals surface area contributed by atoms with Crippen LogP contribution in [-0.2, 0) is 22.4 Å². The lowest BCUT2D eigenvalue weighted by molar-refractivity contribution is -0.129. The first-order chi connectivity index (χ1) is 18.8. The van der Waals surface area contributed by atoms with Crippen LogP contribution in [-0.4, -0.2) is 69.9 Å². The second-order valence-corrected chi connectivity index (χ2v) is 8.79. The number of phenolic OH excluding ortho intramolecular Hbond substituents is 9. The number of carbonyl (C=O) groups is 2. The van der Waals surface area contributed by atoms with Crippen LogP contribution >= 0.6 is 0 Å². The van der Waals surface area contributed by atoms with Gasteiger partial charge in [-0.2, -0.15) is 0 Å². The summed E-state index contributed by atoms with van der Waals surface area (Å²) < 4.78 is 0. The highest BCUT2D eigenvalue weighted by molar-refractivity contribution is 5.90. The van der Waals surface area contributed by atoms with Crippen molar-refractivity contribution < 1.29 is 55.5 Å². The van der Waals surface area contributed by atoms with Gasteiger partial charge >= 0.3 is 0 Å². The van der Waals surface area contributed by atoms with Crippen molar-refractivity contribution in [3.63, 3.8) is 0 Å². The summed E-state index contributed by atoms with van der Waals surface area (Å²) in [6, 6.07) is 3.90. The van der Waals surface area contributed by atoms with E-state index in [2.05, 4.69) is 10.6 Å². The molecule has 3 rings (SSSR count). The van der Waals surface area contributed by atoms with Crippen molar-refractivity contribution in [3.8, 4) is 51.7 Å². The summed E-state index contributed by atoms with van der Waals surface area (Å²) in [5, 5.41) is 91.6. The standard InChI is InChI=1S/C26H27N3O11/c27-14(3-12-7-18(32)23(37)19(33)8-12)25(39)29-15(4-13-9-20(34)24(38)21(35)10-13)26(40)28-2-1-11-5-16(30)22(36)17(31)6-11/h1-2,5-10,14-15,30-38H,3-4,27H2,(H,28,40)(H,29,39). The fourth-order valence-electron chi connectivity index (χ4n) is 3.67. The van der Waals surface area contributed by atoms with E-state index in [0.717, 1.165) is 42.6 Å². The number of hydrogen-bond donors (Lipinski definition) is 12. The van der Waals surface area contributed by atoms with E-state index < -0.39 is 75.6 Å². The average molecular weight is 558 g/mol. The minimum absolute atomic E-state index is 0.146. The van der Waals surface area contributed by atoms with Gasteiger partial charge in [0.1, 0.15) is 6.04 Å². The Morgan fingerprint density at radius 3 is 1.50 bits per heavy atom. The first-order valence-electron chi connectivity index (χ1n) is 11.5. The summed E-state index contributed by atoms with van der Waals surface area (Å²) in [6.07, 6.45) is 1.89. The van der Waals surface area contributed by atoms with Crippen LogP contribution < -0.4 is 16.4 Å². The van der Waals surface area contributed by atoms with Gasteiger partial charge < -0.3 is 62.3 Å². The smallest absolute Gasteiger partial charge is 0.246 e. The number of amides is 2. The number of phenols is 9. The molecule has 14 heteroatoms. The Morgan fingerprint density at radius 2 is 1.05 bits per heavy atom. The summed E-state index contributed by atoms with van der Waals surface area (Å²) in [5.41, 5.74) is 6.50. The van der Waals surface area contributed by atoms with E-state index in [4.69, 9.17) is 5.73 Å². The molecule has 13 N–H and O–H groups in total. The van der Waals surface area contributed by atoms with Crippen LogP contribution in [0, 0.1) is 0 Å². The summed E-state index contributed by atoms with van der Waals surface area (Å²) in [4.78, 5) is 25.8. The quantitative estimate of drug-likeness (QED) is 0.160. The van der Waals surface area contributed by atoms with E-state index in [-0.39, 0.29) is 29.5 Å². The molecular weight excluding hydrogens is 530 g/mol. The van der Waals surface area contributed by atoms with E-state index in [1.165, 1.54) is 6.08 Å². The minimum Gasteiger partial charge on any atom is -0.504 e. The van der Waals surface area contributed by atoms with E-state index in [9.17, 15) is 55.5 Å². The first kappa shape index (κ1) is 29.1. The third-order valence-corrected chi connectivity index (χ3v) is 5.72. The number of nitrogens with two attached hydrogens (primary N) is 1. The molecule has 0 aliphatic carbocycles. The molecule has 0 aliphatic heterocycles. The van der Waals surface area contributed by atoms with E-state index in [0.29, 0.717) is 0 Å². The number of aromatic hydroxyl groups is 9. The number of hydrogen-bond acceptors (Lipinski definition) is 12. The topological polar surface area (TPSA) is 266 Å². The normalized spacial score (nSPS) is 12.6. The van der Waals surface area contributed by atoms with Crippen LogP contribution in [0.5, 0.6) is 51.7 Å². The summed E-state index contributed by atoms with van der Waals surface area (Å²) in [6.45, 7) is 0.